The molecule has 2 bridgehead atoms. The molecule has 1 saturated carbocycles. The number of piperidine rings is 1. The van der Waals surface area contributed by atoms with E-state index in [1.807, 2.05) is 0 Å². The third-order valence-electron chi connectivity index (χ3n) is 2.40. The SMILES string of the molecule is O=C(O)C(F)(F)F.OC1C[C@@H]2C[C@H](C1)N2. The van der Waals surface area contributed by atoms with E-state index >= 15 is 0 Å². The number of hydrogen-bond acceptors (Lipinski definition) is 3. The van der Waals surface area contributed by atoms with Crippen LogP contribution in [0.4, 0.5) is 13.2 Å². The summed E-state index contributed by atoms with van der Waals surface area (Å²) in [6.07, 6.45) is -1.82. The molecule has 2 heterocycles. The van der Waals surface area contributed by atoms with E-state index in [2.05, 4.69) is 5.32 Å². The fourth-order valence-corrected chi connectivity index (χ4v) is 1.73. The molecule has 0 spiro atoms. The van der Waals surface area contributed by atoms with Gasteiger partial charge in [0.2, 0.25) is 0 Å². The van der Waals surface area contributed by atoms with Crippen molar-refractivity contribution in [3.05, 3.63) is 0 Å². The maximum absolute atomic E-state index is 10.6. The highest BCUT2D eigenvalue weighted by Gasteiger charge is 2.38. The molecule has 88 valence electrons. The highest BCUT2D eigenvalue weighted by atomic mass is 19.4. The van der Waals surface area contributed by atoms with Crippen LogP contribution < -0.4 is 5.32 Å². The van der Waals surface area contributed by atoms with E-state index in [-0.39, 0.29) is 6.10 Å². The lowest BCUT2D eigenvalue weighted by atomic mass is 9.81. The topological polar surface area (TPSA) is 69.6 Å². The number of hydrogen-bond donors (Lipinski definition) is 3. The standard InChI is InChI=1S/C6H11NO.C2HF3O2/c8-6-2-4-1-5(3-6)7-4;3-2(4,5)1(6)7/h4-8H,1-3H2;(H,6,7)/t4-,5+,6?;. The predicted molar refractivity (Wildman–Crippen MR) is 44.3 cm³/mol. The lowest BCUT2D eigenvalue weighted by Gasteiger charge is -2.44. The summed E-state index contributed by atoms with van der Waals surface area (Å²) < 4.78 is 31.7. The highest BCUT2D eigenvalue weighted by molar-refractivity contribution is 5.73. The second-order valence-electron chi connectivity index (χ2n) is 3.72. The molecule has 7 heteroatoms. The second kappa shape index (κ2) is 4.36. The number of alkyl halides is 3. The number of carboxylic acids is 1. The molecule has 1 aliphatic carbocycles. The van der Waals surface area contributed by atoms with E-state index in [4.69, 9.17) is 15.0 Å². The maximum atomic E-state index is 10.6. The molecule has 0 aromatic carbocycles. The van der Waals surface area contributed by atoms with Crippen LogP contribution in [0.25, 0.3) is 0 Å². The van der Waals surface area contributed by atoms with Crippen LogP contribution in [0.15, 0.2) is 0 Å². The summed E-state index contributed by atoms with van der Waals surface area (Å²) in [5, 5.41) is 19.5. The molecule has 3 rings (SSSR count). The molecular formula is C8H12F3NO3. The van der Waals surface area contributed by atoms with Gasteiger partial charge in [-0.1, -0.05) is 0 Å². The first kappa shape index (κ1) is 12.3. The Hall–Kier alpha value is -0.820. The van der Waals surface area contributed by atoms with Crippen molar-refractivity contribution in [1.82, 2.24) is 5.32 Å². The first-order valence-electron chi connectivity index (χ1n) is 4.53. The molecule has 3 aliphatic rings. The van der Waals surface area contributed by atoms with Crippen molar-refractivity contribution in [1.29, 1.82) is 0 Å². The van der Waals surface area contributed by atoms with E-state index < -0.39 is 12.1 Å². The minimum atomic E-state index is -5.08. The summed E-state index contributed by atoms with van der Waals surface area (Å²) >= 11 is 0. The molecule has 1 unspecified atom stereocenters. The minimum Gasteiger partial charge on any atom is -0.475 e. The monoisotopic (exact) mass is 227 g/mol. The van der Waals surface area contributed by atoms with Crippen LogP contribution >= 0.6 is 0 Å². The van der Waals surface area contributed by atoms with Crippen LogP contribution in [0.1, 0.15) is 19.3 Å². The van der Waals surface area contributed by atoms with Crippen molar-refractivity contribution in [2.24, 2.45) is 0 Å². The highest BCUT2D eigenvalue weighted by Crippen LogP contribution is 2.27. The van der Waals surface area contributed by atoms with E-state index in [1.165, 1.54) is 6.42 Å². The number of carbonyl (C=O) groups is 1. The van der Waals surface area contributed by atoms with Gasteiger partial charge in [0.1, 0.15) is 0 Å². The van der Waals surface area contributed by atoms with Gasteiger partial charge in [-0.05, 0) is 19.3 Å². The smallest absolute Gasteiger partial charge is 0.475 e. The molecule has 2 saturated heterocycles. The fraction of sp³-hybridized carbons (Fsp3) is 0.875. The predicted octanol–water partition coefficient (Wildman–Crippen LogP) is 0.505. The van der Waals surface area contributed by atoms with Crippen LogP contribution in [-0.4, -0.2) is 40.5 Å². The second-order valence-corrected chi connectivity index (χ2v) is 3.72. The molecular weight excluding hydrogens is 215 g/mol. The number of rotatable bonds is 0. The average Bonchev–Trinajstić information content (AvgIpc) is 2.00. The number of carboxylic acid groups (broad SMARTS) is 1. The van der Waals surface area contributed by atoms with Crippen LogP contribution in [0.3, 0.4) is 0 Å². The van der Waals surface area contributed by atoms with Crippen molar-refractivity contribution in [3.63, 3.8) is 0 Å². The molecule has 3 atom stereocenters. The molecule has 0 radical (unpaired) electrons. The lowest BCUT2D eigenvalue weighted by molar-refractivity contribution is -0.192. The fourth-order valence-electron chi connectivity index (χ4n) is 1.73. The summed E-state index contributed by atoms with van der Waals surface area (Å²) in [4.78, 5) is 8.90. The van der Waals surface area contributed by atoms with E-state index in [1.54, 1.807) is 0 Å². The zero-order valence-electron chi connectivity index (χ0n) is 7.79. The number of aliphatic hydroxyl groups excluding tert-OH is 1. The minimum absolute atomic E-state index is 0.000000000000000444. The van der Waals surface area contributed by atoms with Crippen LogP contribution in [0.2, 0.25) is 0 Å². The van der Waals surface area contributed by atoms with Crippen molar-refractivity contribution >= 4 is 5.97 Å². The molecule has 4 nitrogen and oxygen atoms in total. The molecule has 3 fully saturated rings. The number of fused-ring (bicyclic) bond motifs is 2. The Labute approximate surface area is 84.1 Å². The largest absolute Gasteiger partial charge is 0.490 e. The number of aliphatic hydroxyl groups is 1. The van der Waals surface area contributed by atoms with Gasteiger partial charge in [-0.25, -0.2) is 4.79 Å². The van der Waals surface area contributed by atoms with Gasteiger partial charge >= 0.3 is 12.1 Å². The zero-order chi connectivity index (χ0) is 11.6. The van der Waals surface area contributed by atoms with Crippen molar-refractivity contribution < 1.29 is 28.2 Å². The van der Waals surface area contributed by atoms with Gasteiger partial charge in [-0.2, -0.15) is 13.2 Å². The Bertz CT molecular complexity index is 228. The quantitative estimate of drug-likeness (QED) is 0.563. The van der Waals surface area contributed by atoms with Gasteiger partial charge in [0.15, 0.2) is 0 Å². The molecule has 0 aromatic heterocycles. The van der Waals surface area contributed by atoms with E-state index in [0.717, 1.165) is 12.8 Å². The Kier molecular flexibility index (Phi) is 3.56. The van der Waals surface area contributed by atoms with Gasteiger partial charge in [-0.15, -0.1) is 0 Å². The summed E-state index contributed by atoms with van der Waals surface area (Å²) in [5.74, 6) is -2.76. The van der Waals surface area contributed by atoms with Crippen molar-refractivity contribution in [2.45, 2.75) is 43.6 Å². The molecule has 15 heavy (non-hydrogen) atoms. The van der Waals surface area contributed by atoms with E-state index in [9.17, 15) is 13.2 Å². The van der Waals surface area contributed by atoms with Gasteiger partial charge in [0.05, 0.1) is 6.10 Å². The van der Waals surface area contributed by atoms with Crippen molar-refractivity contribution in [2.75, 3.05) is 0 Å². The number of nitrogens with one attached hydrogen (secondary N) is 1. The number of aliphatic carboxylic acids is 1. The van der Waals surface area contributed by atoms with Gasteiger partial charge < -0.3 is 15.5 Å². The Morgan fingerprint density at radius 3 is 1.67 bits per heavy atom. The number of halogens is 3. The Balaban J connectivity index is 0.000000153. The van der Waals surface area contributed by atoms with Gasteiger partial charge in [-0.3, -0.25) is 0 Å². The van der Waals surface area contributed by atoms with Crippen molar-refractivity contribution in [3.8, 4) is 0 Å². The van der Waals surface area contributed by atoms with Crippen LogP contribution in [-0.2, 0) is 4.79 Å². The lowest BCUT2D eigenvalue weighted by Crippen LogP contribution is -2.59. The summed E-state index contributed by atoms with van der Waals surface area (Å²) in [7, 11) is 0. The van der Waals surface area contributed by atoms with Gasteiger partial charge in [0, 0.05) is 12.1 Å². The molecule has 3 N–H and O–H groups in total. The maximum Gasteiger partial charge on any atom is 0.490 e. The van der Waals surface area contributed by atoms with Crippen LogP contribution in [0.5, 0.6) is 0 Å². The third kappa shape index (κ3) is 3.67. The zero-order valence-corrected chi connectivity index (χ0v) is 7.79. The summed E-state index contributed by atoms with van der Waals surface area (Å²) in [6.45, 7) is 0. The molecule has 0 aromatic rings. The van der Waals surface area contributed by atoms with E-state index in [0.29, 0.717) is 12.1 Å². The normalized spacial score (nSPS) is 33.5. The molecule has 2 aliphatic heterocycles. The Morgan fingerprint density at radius 1 is 1.20 bits per heavy atom. The van der Waals surface area contributed by atoms with Crippen LogP contribution in [0, 0.1) is 0 Å². The summed E-state index contributed by atoms with van der Waals surface area (Å²) in [5.41, 5.74) is 0. The molecule has 0 amide bonds. The third-order valence-corrected chi connectivity index (χ3v) is 2.40. The average molecular weight is 227 g/mol. The first-order valence-corrected chi connectivity index (χ1v) is 4.53. The first-order chi connectivity index (χ1) is 6.79. The van der Waals surface area contributed by atoms with Gasteiger partial charge in [0.25, 0.3) is 0 Å². The summed E-state index contributed by atoms with van der Waals surface area (Å²) in [6, 6.07) is 1.31. The Morgan fingerprint density at radius 2 is 1.53 bits per heavy atom.